The summed E-state index contributed by atoms with van der Waals surface area (Å²) in [6.45, 7) is 5.72. The smallest absolute Gasteiger partial charge is 0.254 e. The predicted octanol–water partition coefficient (Wildman–Crippen LogP) is 4.34. The zero-order valence-corrected chi connectivity index (χ0v) is 15.9. The predicted molar refractivity (Wildman–Crippen MR) is 103 cm³/mol. The number of nitrogens with zero attached hydrogens (tertiary/aromatic N) is 3. The molecule has 138 valence electrons. The van der Waals surface area contributed by atoms with E-state index in [2.05, 4.69) is 35.1 Å². The number of fused-ring (bicyclic) bond motifs is 1. The van der Waals surface area contributed by atoms with Crippen molar-refractivity contribution in [2.45, 2.75) is 65.0 Å². The number of hydrogen-bond acceptors (Lipinski definition) is 2. The number of aromatic nitrogens is 2. The zero-order valence-electron chi connectivity index (χ0n) is 15.9. The first kappa shape index (κ1) is 17.3. The van der Waals surface area contributed by atoms with E-state index in [0.29, 0.717) is 12.6 Å². The number of carbonyl (C=O) groups is 1. The third kappa shape index (κ3) is 3.42. The quantitative estimate of drug-likeness (QED) is 0.825. The van der Waals surface area contributed by atoms with E-state index in [4.69, 9.17) is 0 Å². The van der Waals surface area contributed by atoms with Crippen molar-refractivity contribution in [2.75, 3.05) is 6.54 Å². The van der Waals surface area contributed by atoms with Crippen LogP contribution in [-0.2, 0) is 6.54 Å². The largest absolute Gasteiger partial charge is 0.335 e. The van der Waals surface area contributed by atoms with Crippen molar-refractivity contribution in [1.82, 2.24) is 14.7 Å². The van der Waals surface area contributed by atoms with Crippen LogP contribution in [0.15, 0.2) is 30.3 Å². The summed E-state index contributed by atoms with van der Waals surface area (Å²) in [5.41, 5.74) is 4.15. The first-order valence-electron chi connectivity index (χ1n) is 10.0. The number of piperidine rings is 1. The third-order valence-electron chi connectivity index (χ3n) is 6.11. The second kappa shape index (κ2) is 7.26. The van der Waals surface area contributed by atoms with Gasteiger partial charge in [0.25, 0.3) is 5.91 Å². The van der Waals surface area contributed by atoms with E-state index in [1.807, 2.05) is 23.7 Å². The molecule has 26 heavy (non-hydrogen) atoms. The highest BCUT2D eigenvalue weighted by molar-refractivity contribution is 5.94. The standard InChI is InChI=1S/C22H29N3O/c1-16-13-17(2)25(23-16)15-18-7-5-9-20(14-18)22(26)24-12-6-10-19-8-3-4-11-21(19)24/h5,7,9,13-14,19,21H,3-4,6,8,10-12,15H2,1-2H3. The Hall–Kier alpha value is -2.10. The molecule has 1 aromatic carbocycles. The van der Waals surface area contributed by atoms with Crippen molar-refractivity contribution in [3.8, 4) is 0 Å². The highest BCUT2D eigenvalue weighted by atomic mass is 16.2. The van der Waals surface area contributed by atoms with E-state index in [1.54, 1.807) is 0 Å². The van der Waals surface area contributed by atoms with Crippen LogP contribution in [0.2, 0.25) is 0 Å². The minimum absolute atomic E-state index is 0.219. The number of likely N-dealkylation sites (tertiary alicyclic amines) is 1. The van der Waals surface area contributed by atoms with Crippen LogP contribution in [0.5, 0.6) is 0 Å². The summed E-state index contributed by atoms with van der Waals surface area (Å²) in [6, 6.07) is 10.7. The maximum absolute atomic E-state index is 13.2. The molecule has 1 aliphatic heterocycles. The molecule has 2 aromatic rings. The lowest BCUT2D eigenvalue weighted by molar-refractivity contribution is 0.0390. The Morgan fingerprint density at radius 3 is 2.73 bits per heavy atom. The molecule has 2 fully saturated rings. The van der Waals surface area contributed by atoms with Crippen LogP contribution in [0.4, 0.5) is 0 Å². The highest BCUT2D eigenvalue weighted by Gasteiger charge is 2.35. The van der Waals surface area contributed by atoms with Gasteiger partial charge in [-0.05, 0) is 69.2 Å². The summed E-state index contributed by atoms with van der Waals surface area (Å²) in [5, 5.41) is 4.55. The number of aryl methyl sites for hydroxylation is 2. The Balaban J connectivity index is 1.53. The fourth-order valence-electron chi connectivity index (χ4n) is 4.85. The van der Waals surface area contributed by atoms with Gasteiger partial charge in [-0.15, -0.1) is 0 Å². The Morgan fingerprint density at radius 1 is 1.12 bits per heavy atom. The SMILES string of the molecule is Cc1cc(C)n(Cc2cccc(C(=O)N3CCCC4CCCCC43)c2)n1. The molecule has 2 unspecified atom stereocenters. The molecule has 4 heteroatoms. The molecule has 1 aliphatic carbocycles. The van der Waals surface area contributed by atoms with Crippen LogP contribution in [0, 0.1) is 19.8 Å². The van der Waals surface area contributed by atoms with Gasteiger partial charge in [0.2, 0.25) is 0 Å². The Labute approximate surface area is 156 Å². The number of rotatable bonds is 3. The van der Waals surface area contributed by atoms with Crippen molar-refractivity contribution < 1.29 is 4.79 Å². The van der Waals surface area contributed by atoms with Gasteiger partial charge in [-0.25, -0.2) is 0 Å². The fourth-order valence-corrected chi connectivity index (χ4v) is 4.85. The van der Waals surface area contributed by atoms with Crippen molar-refractivity contribution in [1.29, 1.82) is 0 Å². The Morgan fingerprint density at radius 2 is 1.92 bits per heavy atom. The molecule has 1 saturated carbocycles. The van der Waals surface area contributed by atoms with Crippen LogP contribution >= 0.6 is 0 Å². The molecule has 4 rings (SSSR count). The van der Waals surface area contributed by atoms with Crippen molar-refractivity contribution in [2.24, 2.45) is 5.92 Å². The van der Waals surface area contributed by atoms with E-state index in [9.17, 15) is 4.79 Å². The molecule has 0 N–H and O–H groups in total. The number of carbonyl (C=O) groups excluding carboxylic acids is 1. The van der Waals surface area contributed by atoms with Gasteiger partial charge in [0.15, 0.2) is 0 Å². The van der Waals surface area contributed by atoms with E-state index in [-0.39, 0.29) is 5.91 Å². The molecule has 4 nitrogen and oxygen atoms in total. The van der Waals surface area contributed by atoms with Crippen LogP contribution in [-0.4, -0.2) is 33.2 Å². The summed E-state index contributed by atoms with van der Waals surface area (Å²) in [6.07, 6.45) is 7.53. The molecule has 2 aliphatic rings. The lowest BCUT2D eigenvalue weighted by Crippen LogP contribution is -2.49. The lowest BCUT2D eigenvalue weighted by atomic mass is 9.78. The molecule has 2 atom stereocenters. The average molecular weight is 351 g/mol. The van der Waals surface area contributed by atoms with Crippen molar-refractivity contribution in [3.05, 3.63) is 52.8 Å². The number of benzene rings is 1. The van der Waals surface area contributed by atoms with E-state index < -0.39 is 0 Å². The minimum Gasteiger partial charge on any atom is -0.335 e. The molecule has 0 spiro atoms. The average Bonchev–Trinajstić information content (AvgIpc) is 2.98. The molecule has 0 radical (unpaired) electrons. The maximum atomic E-state index is 13.2. The maximum Gasteiger partial charge on any atom is 0.254 e. The third-order valence-corrected chi connectivity index (χ3v) is 6.11. The van der Waals surface area contributed by atoms with Crippen LogP contribution in [0.25, 0.3) is 0 Å². The molecule has 1 aromatic heterocycles. The van der Waals surface area contributed by atoms with Crippen molar-refractivity contribution in [3.63, 3.8) is 0 Å². The summed E-state index contributed by atoms with van der Waals surface area (Å²) in [7, 11) is 0. The summed E-state index contributed by atoms with van der Waals surface area (Å²) in [5.74, 6) is 0.941. The number of hydrogen-bond donors (Lipinski definition) is 0. The van der Waals surface area contributed by atoms with Gasteiger partial charge in [0.05, 0.1) is 12.2 Å². The molecule has 2 heterocycles. The van der Waals surface area contributed by atoms with Gasteiger partial charge >= 0.3 is 0 Å². The van der Waals surface area contributed by atoms with Gasteiger partial charge in [-0.1, -0.05) is 25.0 Å². The van der Waals surface area contributed by atoms with Crippen molar-refractivity contribution >= 4 is 5.91 Å². The van der Waals surface area contributed by atoms with Gasteiger partial charge in [-0.3, -0.25) is 9.48 Å². The molecule has 1 saturated heterocycles. The van der Waals surface area contributed by atoms with Gasteiger partial charge in [-0.2, -0.15) is 5.10 Å². The van der Waals surface area contributed by atoms with E-state index in [0.717, 1.165) is 41.4 Å². The van der Waals surface area contributed by atoms with Crippen LogP contribution < -0.4 is 0 Å². The zero-order chi connectivity index (χ0) is 18.1. The minimum atomic E-state index is 0.219. The summed E-state index contributed by atoms with van der Waals surface area (Å²) < 4.78 is 2.01. The second-order valence-corrected chi connectivity index (χ2v) is 8.04. The normalized spacial score (nSPS) is 22.9. The van der Waals surface area contributed by atoms with Gasteiger partial charge < -0.3 is 4.90 Å². The molecule has 0 bridgehead atoms. The Bertz CT molecular complexity index is 792. The van der Waals surface area contributed by atoms with E-state index in [1.165, 1.54) is 32.1 Å². The van der Waals surface area contributed by atoms with Crippen LogP contribution in [0.3, 0.4) is 0 Å². The molecule has 1 amide bonds. The molecular weight excluding hydrogens is 322 g/mol. The first-order chi connectivity index (χ1) is 12.6. The fraction of sp³-hybridized carbons (Fsp3) is 0.545. The summed E-state index contributed by atoms with van der Waals surface area (Å²) in [4.78, 5) is 15.4. The molecular formula is C22H29N3O. The topological polar surface area (TPSA) is 38.1 Å². The summed E-state index contributed by atoms with van der Waals surface area (Å²) >= 11 is 0. The number of amides is 1. The highest BCUT2D eigenvalue weighted by Crippen LogP contribution is 2.36. The van der Waals surface area contributed by atoms with Crippen LogP contribution in [0.1, 0.15) is 65.8 Å². The monoisotopic (exact) mass is 351 g/mol. The van der Waals surface area contributed by atoms with Gasteiger partial charge in [0.1, 0.15) is 0 Å². The van der Waals surface area contributed by atoms with E-state index >= 15 is 0 Å². The Kier molecular flexibility index (Phi) is 4.84. The lowest BCUT2D eigenvalue weighted by Gasteiger charge is -2.44. The second-order valence-electron chi connectivity index (χ2n) is 8.04. The first-order valence-corrected chi connectivity index (χ1v) is 10.0. The van der Waals surface area contributed by atoms with Gasteiger partial charge in [0, 0.05) is 23.8 Å².